The molecule has 0 atom stereocenters. The highest BCUT2D eigenvalue weighted by Crippen LogP contribution is 2.23. The van der Waals surface area contributed by atoms with E-state index in [0.717, 1.165) is 36.3 Å². The molecule has 0 N–H and O–H groups in total. The fourth-order valence-electron chi connectivity index (χ4n) is 2.33. The van der Waals surface area contributed by atoms with Crippen LogP contribution in [0.4, 0.5) is 5.69 Å². The summed E-state index contributed by atoms with van der Waals surface area (Å²) in [5, 5.41) is 0. The van der Waals surface area contributed by atoms with E-state index < -0.39 is 0 Å². The van der Waals surface area contributed by atoms with Crippen molar-refractivity contribution in [2.24, 2.45) is 0 Å². The largest absolute Gasteiger partial charge is 0.497 e. The van der Waals surface area contributed by atoms with Gasteiger partial charge in [0, 0.05) is 17.8 Å². The summed E-state index contributed by atoms with van der Waals surface area (Å²) in [5.74, 6) is 0.812. The second-order valence-electron chi connectivity index (χ2n) is 4.89. The molecule has 0 aliphatic heterocycles. The average molecular weight is 283 g/mol. The van der Waals surface area contributed by atoms with Gasteiger partial charge >= 0.3 is 0 Å². The molecule has 1 aliphatic carbocycles. The topological polar surface area (TPSA) is 29.5 Å². The van der Waals surface area contributed by atoms with E-state index in [9.17, 15) is 4.79 Å². The SMILES string of the molecule is C=CCCN(C(=O)C1=CC(OC)=CCC1)c1ccccc1. The number of methoxy groups -OCH3 is 1. The summed E-state index contributed by atoms with van der Waals surface area (Å²) in [4.78, 5) is 14.6. The molecule has 0 aromatic heterocycles. The molecule has 21 heavy (non-hydrogen) atoms. The maximum absolute atomic E-state index is 12.8. The van der Waals surface area contributed by atoms with E-state index in [-0.39, 0.29) is 5.91 Å². The summed E-state index contributed by atoms with van der Waals surface area (Å²) in [6.07, 6.45) is 8.04. The van der Waals surface area contributed by atoms with Gasteiger partial charge < -0.3 is 9.64 Å². The van der Waals surface area contributed by atoms with Crippen LogP contribution in [0.15, 0.2) is 66.5 Å². The van der Waals surface area contributed by atoms with Gasteiger partial charge in [0.25, 0.3) is 5.91 Å². The number of hydrogen-bond donors (Lipinski definition) is 0. The Morgan fingerprint density at radius 1 is 1.38 bits per heavy atom. The third-order valence-electron chi connectivity index (χ3n) is 3.46. The van der Waals surface area contributed by atoms with Crippen molar-refractivity contribution in [2.75, 3.05) is 18.6 Å². The first-order valence-corrected chi connectivity index (χ1v) is 7.18. The summed E-state index contributed by atoms with van der Waals surface area (Å²) < 4.78 is 5.24. The van der Waals surface area contributed by atoms with E-state index in [2.05, 4.69) is 6.58 Å². The fraction of sp³-hybridized carbons (Fsp3) is 0.278. The smallest absolute Gasteiger partial charge is 0.254 e. The Balaban J connectivity index is 2.24. The lowest BCUT2D eigenvalue weighted by atomic mass is 10.0. The maximum Gasteiger partial charge on any atom is 0.254 e. The number of anilines is 1. The Labute approximate surface area is 126 Å². The Bertz CT molecular complexity index is 558. The summed E-state index contributed by atoms with van der Waals surface area (Å²) in [5.41, 5.74) is 1.71. The predicted octanol–water partition coefficient (Wildman–Crippen LogP) is 3.85. The number of amides is 1. The quantitative estimate of drug-likeness (QED) is 0.742. The molecule has 1 aromatic carbocycles. The lowest BCUT2D eigenvalue weighted by Crippen LogP contribution is -2.33. The molecule has 0 saturated carbocycles. The molecule has 3 heteroatoms. The minimum atomic E-state index is 0.0469. The van der Waals surface area contributed by atoms with Gasteiger partial charge in [-0.3, -0.25) is 4.79 Å². The first kappa shape index (κ1) is 15.1. The highest BCUT2D eigenvalue weighted by Gasteiger charge is 2.21. The normalized spacial score (nSPS) is 14.0. The maximum atomic E-state index is 12.8. The predicted molar refractivity (Wildman–Crippen MR) is 86.0 cm³/mol. The summed E-state index contributed by atoms with van der Waals surface area (Å²) in [6, 6.07) is 9.75. The van der Waals surface area contributed by atoms with Gasteiger partial charge in [-0.25, -0.2) is 0 Å². The van der Waals surface area contributed by atoms with Crippen LogP contribution in [0.5, 0.6) is 0 Å². The number of rotatable bonds is 6. The molecule has 1 aromatic rings. The molecule has 0 saturated heterocycles. The number of nitrogens with zero attached hydrogens (tertiary/aromatic N) is 1. The molecule has 2 rings (SSSR count). The molecule has 1 aliphatic rings. The molecule has 0 fully saturated rings. The van der Waals surface area contributed by atoms with Gasteiger partial charge in [-0.05, 0) is 43.5 Å². The highest BCUT2D eigenvalue weighted by atomic mass is 16.5. The zero-order chi connectivity index (χ0) is 15.1. The Kier molecular flexibility index (Phi) is 5.38. The molecular weight excluding hydrogens is 262 g/mol. The van der Waals surface area contributed by atoms with Crippen LogP contribution in [0.3, 0.4) is 0 Å². The van der Waals surface area contributed by atoms with Gasteiger partial charge in [0.15, 0.2) is 0 Å². The summed E-state index contributed by atoms with van der Waals surface area (Å²) >= 11 is 0. The van der Waals surface area contributed by atoms with Gasteiger partial charge in [-0.2, -0.15) is 0 Å². The first-order valence-electron chi connectivity index (χ1n) is 7.18. The average Bonchev–Trinajstić information content (AvgIpc) is 2.56. The number of carbonyl (C=O) groups is 1. The second kappa shape index (κ2) is 7.48. The lowest BCUT2D eigenvalue weighted by molar-refractivity contribution is -0.115. The van der Waals surface area contributed by atoms with Gasteiger partial charge in [-0.15, -0.1) is 6.58 Å². The zero-order valence-corrected chi connectivity index (χ0v) is 12.4. The van der Waals surface area contributed by atoms with Crippen molar-refractivity contribution in [3.63, 3.8) is 0 Å². The number of hydrogen-bond acceptors (Lipinski definition) is 2. The van der Waals surface area contributed by atoms with Crippen LogP contribution in [-0.4, -0.2) is 19.6 Å². The van der Waals surface area contributed by atoms with Crippen LogP contribution in [0.25, 0.3) is 0 Å². The lowest BCUT2D eigenvalue weighted by Gasteiger charge is -2.24. The fourth-order valence-corrected chi connectivity index (χ4v) is 2.33. The first-order chi connectivity index (χ1) is 10.3. The van der Waals surface area contributed by atoms with Crippen LogP contribution >= 0.6 is 0 Å². The Morgan fingerprint density at radius 3 is 2.81 bits per heavy atom. The minimum Gasteiger partial charge on any atom is -0.497 e. The van der Waals surface area contributed by atoms with E-state index in [1.807, 2.05) is 53.5 Å². The van der Waals surface area contributed by atoms with Gasteiger partial charge in [0.1, 0.15) is 5.76 Å². The van der Waals surface area contributed by atoms with Crippen molar-refractivity contribution in [3.05, 3.63) is 66.5 Å². The van der Waals surface area contributed by atoms with E-state index in [4.69, 9.17) is 4.74 Å². The molecule has 0 radical (unpaired) electrons. The highest BCUT2D eigenvalue weighted by molar-refractivity contribution is 6.06. The van der Waals surface area contributed by atoms with Gasteiger partial charge in [0.05, 0.1) is 7.11 Å². The Morgan fingerprint density at radius 2 is 2.14 bits per heavy atom. The van der Waals surface area contributed by atoms with Crippen LogP contribution < -0.4 is 4.90 Å². The molecule has 3 nitrogen and oxygen atoms in total. The third-order valence-corrected chi connectivity index (χ3v) is 3.46. The zero-order valence-electron chi connectivity index (χ0n) is 12.4. The minimum absolute atomic E-state index is 0.0469. The van der Waals surface area contributed by atoms with Crippen molar-refractivity contribution in [1.82, 2.24) is 0 Å². The van der Waals surface area contributed by atoms with Crippen LogP contribution in [-0.2, 0) is 9.53 Å². The molecule has 0 unspecified atom stereocenters. The van der Waals surface area contributed by atoms with Crippen molar-refractivity contribution in [3.8, 4) is 0 Å². The molecule has 1 amide bonds. The van der Waals surface area contributed by atoms with Crippen molar-refractivity contribution < 1.29 is 9.53 Å². The van der Waals surface area contributed by atoms with E-state index in [0.29, 0.717) is 6.54 Å². The van der Waals surface area contributed by atoms with Crippen molar-refractivity contribution in [1.29, 1.82) is 0 Å². The summed E-state index contributed by atoms with van der Waals surface area (Å²) in [6.45, 7) is 4.38. The number of ether oxygens (including phenoxy) is 1. The molecular formula is C18H21NO2. The van der Waals surface area contributed by atoms with Crippen LogP contribution in [0.2, 0.25) is 0 Å². The third kappa shape index (κ3) is 3.85. The van der Waals surface area contributed by atoms with Crippen molar-refractivity contribution >= 4 is 11.6 Å². The number of allylic oxidation sites excluding steroid dienone is 2. The monoisotopic (exact) mass is 283 g/mol. The standard InChI is InChI=1S/C18H21NO2/c1-3-4-13-19(16-10-6-5-7-11-16)18(20)15-9-8-12-17(14-15)21-2/h3,5-7,10-12,14H,1,4,8-9,13H2,2H3. The molecule has 0 bridgehead atoms. The number of carbonyl (C=O) groups excluding carboxylic acids is 1. The van der Waals surface area contributed by atoms with E-state index >= 15 is 0 Å². The van der Waals surface area contributed by atoms with Crippen LogP contribution in [0, 0.1) is 0 Å². The van der Waals surface area contributed by atoms with Gasteiger partial charge in [0.2, 0.25) is 0 Å². The molecule has 0 heterocycles. The van der Waals surface area contributed by atoms with Crippen LogP contribution in [0.1, 0.15) is 19.3 Å². The Hall–Kier alpha value is -2.29. The van der Waals surface area contributed by atoms with Crippen molar-refractivity contribution in [2.45, 2.75) is 19.3 Å². The number of benzene rings is 1. The van der Waals surface area contributed by atoms with Gasteiger partial charge in [-0.1, -0.05) is 24.3 Å². The van der Waals surface area contributed by atoms with E-state index in [1.165, 1.54) is 0 Å². The summed E-state index contributed by atoms with van der Waals surface area (Å²) in [7, 11) is 1.63. The second-order valence-corrected chi connectivity index (χ2v) is 4.89. The van der Waals surface area contributed by atoms with E-state index in [1.54, 1.807) is 7.11 Å². The number of para-hydroxylation sites is 1. The molecule has 0 spiro atoms. The molecule has 110 valence electrons.